The molecule has 0 saturated heterocycles. The number of anilines is 1. The molecule has 182 valence electrons. The van der Waals surface area contributed by atoms with Gasteiger partial charge in [0.15, 0.2) is 11.0 Å². The molecule has 0 bridgehead atoms. The number of aromatic nitrogens is 3. The van der Waals surface area contributed by atoms with Crippen LogP contribution in [0.1, 0.15) is 43.2 Å². The Labute approximate surface area is 223 Å². The van der Waals surface area contributed by atoms with Gasteiger partial charge in [-0.3, -0.25) is 9.36 Å². The van der Waals surface area contributed by atoms with Crippen molar-refractivity contribution in [3.8, 4) is 17.5 Å². The van der Waals surface area contributed by atoms with Crippen molar-refractivity contribution in [2.45, 2.75) is 51.7 Å². The fourth-order valence-corrected chi connectivity index (χ4v) is 6.63. The molecule has 35 heavy (non-hydrogen) atoms. The van der Waals surface area contributed by atoms with Gasteiger partial charge in [-0.1, -0.05) is 66.7 Å². The normalized spacial score (nSPS) is 15.3. The van der Waals surface area contributed by atoms with Crippen LogP contribution in [0.4, 0.5) is 5.00 Å². The molecule has 1 aliphatic carbocycles. The monoisotopic (exact) mass is 569 g/mol. The number of nitrogens with one attached hydrogen (secondary N) is 1. The summed E-state index contributed by atoms with van der Waals surface area (Å²) < 4.78 is 2.94. The van der Waals surface area contributed by atoms with Gasteiger partial charge in [-0.15, -0.1) is 28.1 Å². The van der Waals surface area contributed by atoms with Gasteiger partial charge in [0.2, 0.25) is 5.91 Å². The lowest BCUT2D eigenvalue weighted by Gasteiger charge is -2.33. The molecule has 9 heteroatoms. The lowest BCUT2D eigenvalue weighted by Crippen LogP contribution is -2.26. The first-order valence-electron chi connectivity index (χ1n) is 11.5. The van der Waals surface area contributed by atoms with Crippen LogP contribution < -0.4 is 5.32 Å². The summed E-state index contributed by atoms with van der Waals surface area (Å²) in [4.78, 5) is 14.1. The van der Waals surface area contributed by atoms with E-state index < -0.39 is 0 Å². The second kappa shape index (κ2) is 10.7. The summed E-state index contributed by atoms with van der Waals surface area (Å²) in [7, 11) is 0. The maximum atomic E-state index is 12.9. The van der Waals surface area contributed by atoms with Gasteiger partial charge in [-0.2, -0.15) is 5.26 Å². The highest BCUT2D eigenvalue weighted by Crippen LogP contribution is 2.44. The van der Waals surface area contributed by atoms with Crippen LogP contribution in [0.2, 0.25) is 0 Å². The summed E-state index contributed by atoms with van der Waals surface area (Å²) in [5.41, 5.74) is 2.91. The number of rotatable bonds is 7. The number of nitrogens with zero attached hydrogens (tertiary/aromatic N) is 4. The van der Waals surface area contributed by atoms with E-state index in [0.29, 0.717) is 28.2 Å². The zero-order valence-corrected chi connectivity index (χ0v) is 23.3. The molecule has 1 atom stereocenters. The fraction of sp³-hybridized carbons (Fsp3) is 0.385. The van der Waals surface area contributed by atoms with Crippen LogP contribution in [-0.4, -0.2) is 26.4 Å². The van der Waals surface area contributed by atoms with Crippen LogP contribution in [0, 0.1) is 22.7 Å². The zero-order valence-electron chi connectivity index (χ0n) is 20.1. The number of thioether (sulfide) groups is 1. The van der Waals surface area contributed by atoms with Crippen LogP contribution in [0.25, 0.3) is 11.4 Å². The highest BCUT2D eigenvalue weighted by molar-refractivity contribution is 9.10. The largest absolute Gasteiger partial charge is 0.316 e. The molecule has 0 spiro atoms. The third kappa shape index (κ3) is 5.71. The molecule has 0 radical (unpaired) electrons. The number of halogens is 1. The number of nitriles is 1. The van der Waals surface area contributed by atoms with Gasteiger partial charge in [0.1, 0.15) is 11.1 Å². The Hall–Kier alpha value is -2.41. The number of benzene rings is 1. The summed E-state index contributed by atoms with van der Waals surface area (Å²) in [5.74, 6) is 1.32. The lowest BCUT2D eigenvalue weighted by atomic mass is 9.72. The van der Waals surface area contributed by atoms with Gasteiger partial charge < -0.3 is 5.32 Å². The van der Waals surface area contributed by atoms with E-state index in [-0.39, 0.29) is 17.1 Å². The lowest BCUT2D eigenvalue weighted by molar-refractivity contribution is -0.113. The number of amides is 1. The van der Waals surface area contributed by atoms with Crippen molar-refractivity contribution in [2.75, 3.05) is 11.1 Å². The molecule has 1 N–H and O–H groups in total. The standard InChI is InChI=1S/C26H28BrN5OS2/c1-5-12-32-23(16-6-9-18(27)10-7-16)30-31-25(32)34-15-22(33)29-24-20(14-28)19-11-8-17(26(2,3)4)13-21(19)35-24/h5-7,9-10,17H,1,8,11-13,15H2,2-4H3,(H,29,33). The molecule has 2 aromatic heterocycles. The minimum atomic E-state index is -0.157. The first-order valence-corrected chi connectivity index (χ1v) is 14.1. The van der Waals surface area contributed by atoms with Gasteiger partial charge in [-0.05, 0) is 48.3 Å². The Bertz CT molecular complexity index is 1280. The van der Waals surface area contributed by atoms with E-state index in [4.69, 9.17) is 0 Å². The van der Waals surface area contributed by atoms with Gasteiger partial charge in [0.05, 0.1) is 11.3 Å². The highest BCUT2D eigenvalue weighted by Gasteiger charge is 2.32. The summed E-state index contributed by atoms with van der Waals surface area (Å²) >= 11 is 6.34. The minimum absolute atomic E-state index is 0.157. The molecular formula is C26H28BrN5OS2. The molecule has 1 aromatic carbocycles. The molecule has 1 amide bonds. The van der Waals surface area contributed by atoms with Crippen LogP contribution >= 0.6 is 39.0 Å². The van der Waals surface area contributed by atoms with Gasteiger partial charge in [0, 0.05) is 21.5 Å². The van der Waals surface area contributed by atoms with E-state index in [1.54, 1.807) is 17.4 Å². The quantitative estimate of drug-likeness (QED) is 0.252. The molecule has 6 nitrogen and oxygen atoms in total. The first-order chi connectivity index (χ1) is 16.7. The van der Waals surface area contributed by atoms with E-state index in [0.717, 1.165) is 40.7 Å². The van der Waals surface area contributed by atoms with Gasteiger partial charge in [0.25, 0.3) is 0 Å². The van der Waals surface area contributed by atoms with Gasteiger partial charge in [-0.25, -0.2) is 0 Å². The van der Waals surface area contributed by atoms with Crippen LogP contribution in [-0.2, 0) is 24.2 Å². The Morgan fingerprint density at radius 2 is 2.11 bits per heavy atom. The van der Waals surface area contributed by atoms with E-state index in [1.807, 2.05) is 28.8 Å². The van der Waals surface area contributed by atoms with Crippen molar-refractivity contribution in [1.82, 2.24) is 14.8 Å². The SMILES string of the molecule is C=CCn1c(SCC(=O)Nc2sc3c(c2C#N)CCC(C(C)(C)C)C3)nnc1-c1ccc(Br)cc1. The van der Waals surface area contributed by atoms with Crippen molar-refractivity contribution < 1.29 is 4.79 Å². The molecular weight excluding hydrogens is 542 g/mol. The van der Waals surface area contributed by atoms with E-state index in [2.05, 4.69) is 64.9 Å². The zero-order chi connectivity index (χ0) is 25.2. The van der Waals surface area contributed by atoms with Crippen molar-refractivity contribution in [3.05, 3.63) is 57.4 Å². The maximum absolute atomic E-state index is 12.9. The minimum Gasteiger partial charge on any atom is -0.316 e. The number of hydrogen-bond donors (Lipinski definition) is 1. The number of hydrogen-bond acceptors (Lipinski definition) is 6. The topological polar surface area (TPSA) is 83.6 Å². The molecule has 2 heterocycles. The molecule has 3 aromatic rings. The number of thiophene rings is 1. The van der Waals surface area contributed by atoms with Crippen LogP contribution in [0.5, 0.6) is 0 Å². The Morgan fingerprint density at radius 1 is 1.37 bits per heavy atom. The smallest absolute Gasteiger partial charge is 0.235 e. The maximum Gasteiger partial charge on any atom is 0.235 e. The number of fused-ring (bicyclic) bond motifs is 1. The summed E-state index contributed by atoms with van der Waals surface area (Å²) in [6.07, 6.45) is 4.72. The van der Waals surface area contributed by atoms with Crippen LogP contribution in [0.3, 0.4) is 0 Å². The van der Waals surface area contributed by atoms with E-state index in [1.165, 1.54) is 16.6 Å². The molecule has 0 saturated carbocycles. The second-order valence-electron chi connectivity index (χ2n) is 9.67. The molecule has 4 rings (SSSR count). The van der Waals surface area contributed by atoms with Gasteiger partial charge >= 0.3 is 0 Å². The predicted octanol–water partition coefficient (Wildman–Crippen LogP) is 6.71. The summed E-state index contributed by atoms with van der Waals surface area (Å²) in [6.45, 7) is 11.2. The third-order valence-electron chi connectivity index (χ3n) is 6.32. The average Bonchev–Trinajstić information content (AvgIpc) is 3.37. The third-order valence-corrected chi connectivity index (χ3v) is 8.98. The Kier molecular flexibility index (Phi) is 7.84. The van der Waals surface area contributed by atoms with Crippen molar-refractivity contribution in [3.63, 3.8) is 0 Å². The molecule has 0 aliphatic heterocycles. The fourth-order valence-electron chi connectivity index (χ4n) is 4.33. The molecule has 0 fully saturated rings. The van der Waals surface area contributed by atoms with Crippen molar-refractivity contribution >= 4 is 49.9 Å². The number of allylic oxidation sites excluding steroid dienone is 1. The van der Waals surface area contributed by atoms with Crippen molar-refractivity contribution in [1.29, 1.82) is 5.26 Å². The molecule has 1 unspecified atom stereocenters. The van der Waals surface area contributed by atoms with Crippen LogP contribution in [0.15, 0.2) is 46.5 Å². The second-order valence-corrected chi connectivity index (χ2v) is 12.6. The van der Waals surface area contributed by atoms with Crippen molar-refractivity contribution in [2.24, 2.45) is 11.3 Å². The average molecular weight is 571 g/mol. The summed E-state index contributed by atoms with van der Waals surface area (Å²) in [6, 6.07) is 10.2. The van der Waals surface area contributed by atoms with E-state index >= 15 is 0 Å². The summed E-state index contributed by atoms with van der Waals surface area (Å²) in [5, 5.41) is 22.8. The first kappa shape index (κ1) is 25.7. The Balaban J connectivity index is 1.47. The van der Waals surface area contributed by atoms with E-state index in [9.17, 15) is 10.1 Å². The highest BCUT2D eigenvalue weighted by atomic mass is 79.9. The Morgan fingerprint density at radius 3 is 2.77 bits per heavy atom. The predicted molar refractivity (Wildman–Crippen MR) is 147 cm³/mol. The number of carbonyl (C=O) groups excluding carboxylic acids is 1. The molecule has 1 aliphatic rings. The number of carbonyl (C=O) groups is 1.